The largest absolute Gasteiger partial charge is 0.469 e. The molecule has 2 aliphatic carbocycles. The summed E-state index contributed by atoms with van der Waals surface area (Å²) in [5.74, 6) is 0.577. The Bertz CT molecular complexity index is 542. The Hall–Kier alpha value is -1.62. The Morgan fingerprint density at radius 2 is 2.27 bits per heavy atom. The van der Waals surface area contributed by atoms with E-state index < -0.39 is 0 Å². The molecule has 0 amide bonds. The lowest BCUT2D eigenvalue weighted by molar-refractivity contribution is -0.157. The standard InChI is InChI=1S/C17H24N2O3/c1-3-22-14-11-13(17(14)8-5-9-17)19-15-7-4-6-12(18-15)10-16(20)21-2/h4,6-7,13-14H,3,5,8-11H2,1-2H3,(H,18,19)/t13-,14+/m0/s1. The number of pyridine rings is 1. The first kappa shape index (κ1) is 15.3. The molecule has 3 rings (SSSR count). The van der Waals surface area contributed by atoms with Crippen LogP contribution in [-0.2, 0) is 20.7 Å². The van der Waals surface area contributed by atoms with Gasteiger partial charge in [-0.3, -0.25) is 4.79 Å². The van der Waals surface area contributed by atoms with E-state index >= 15 is 0 Å². The van der Waals surface area contributed by atoms with Crippen molar-refractivity contribution < 1.29 is 14.3 Å². The summed E-state index contributed by atoms with van der Waals surface area (Å²) in [5.41, 5.74) is 1.04. The first-order valence-electron chi connectivity index (χ1n) is 8.09. The molecule has 0 aromatic carbocycles. The molecule has 1 aromatic rings. The third-order valence-electron chi connectivity index (χ3n) is 5.12. The first-order chi connectivity index (χ1) is 10.7. The molecule has 0 saturated heterocycles. The van der Waals surface area contributed by atoms with E-state index in [1.165, 1.54) is 26.4 Å². The Labute approximate surface area is 131 Å². The molecule has 2 atom stereocenters. The van der Waals surface area contributed by atoms with Gasteiger partial charge < -0.3 is 14.8 Å². The number of esters is 1. The van der Waals surface area contributed by atoms with Crippen molar-refractivity contribution >= 4 is 11.8 Å². The summed E-state index contributed by atoms with van der Waals surface area (Å²) < 4.78 is 10.6. The van der Waals surface area contributed by atoms with Gasteiger partial charge in [0.1, 0.15) is 5.82 Å². The van der Waals surface area contributed by atoms with Crippen LogP contribution < -0.4 is 5.32 Å². The summed E-state index contributed by atoms with van der Waals surface area (Å²) in [6, 6.07) is 6.17. The van der Waals surface area contributed by atoms with Crippen molar-refractivity contribution in [3.05, 3.63) is 23.9 Å². The van der Waals surface area contributed by atoms with Gasteiger partial charge in [0, 0.05) is 18.1 Å². The number of aromatic nitrogens is 1. The van der Waals surface area contributed by atoms with E-state index in [0.717, 1.165) is 24.5 Å². The monoisotopic (exact) mass is 304 g/mol. The highest BCUT2D eigenvalue weighted by Gasteiger charge is 2.58. The second-order valence-corrected chi connectivity index (χ2v) is 6.23. The van der Waals surface area contributed by atoms with Gasteiger partial charge in [0.25, 0.3) is 0 Å². The predicted molar refractivity (Wildman–Crippen MR) is 83.7 cm³/mol. The van der Waals surface area contributed by atoms with Gasteiger partial charge in [-0.1, -0.05) is 12.5 Å². The SMILES string of the molecule is CCO[C@@H]1C[C@H](Nc2cccc(CC(=O)OC)n2)C12CCC2. The predicted octanol–water partition coefficient (Wildman–Crippen LogP) is 2.56. The maximum atomic E-state index is 11.4. The summed E-state index contributed by atoms with van der Waals surface area (Å²) in [4.78, 5) is 15.9. The van der Waals surface area contributed by atoms with E-state index in [9.17, 15) is 4.79 Å². The Balaban J connectivity index is 1.64. The van der Waals surface area contributed by atoms with Crippen LogP contribution >= 0.6 is 0 Å². The molecule has 2 fully saturated rings. The Morgan fingerprint density at radius 3 is 2.91 bits per heavy atom. The lowest BCUT2D eigenvalue weighted by Crippen LogP contribution is -2.64. The molecule has 0 radical (unpaired) electrons. The molecule has 120 valence electrons. The van der Waals surface area contributed by atoms with Crippen LogP contribution in [0, 0.1) is 5.41 Å². The number of hydrogen-bond donors (Lipinski definition) is 1. The van der Waals surface area contributed by atoms with Crippen LogP contribution in [0.4, 0.5) is 5.82 Å². The summed E-state index contributed by atoms with van der Waals surface area (Å²) >= 11 is 0. The van der Waals surface area contributed by atoms with E-state index in [1.807, 2.05) is 18.2 Å². The topological polar surface area (TPSA) is 60.5 Å². The van der Waals surface area contributed by atoms with Crippen molar-refractivity contribution in [1.29, 1.82) is 0 Å². The van der Waals surface area contributed by atoms with Gasteiger partial charge in [0.15, 0.2) is 0 Å². The molecule has 0 bridgehead atoms. The van der Waals surface area contributed by atoms with Crippen LogP contribution in [-0.4, -0.2) is 36.8 Å². The average molecular weight is 304 g/mol. The maximum absolute atomic E-state index is 11.4. The zero-order chi connectivity index (χ0) is 15.6. The third-order valence-corrected chi connectivity index (χ3v) is 5.12. The van der Waals surface area contributed by atoms with E-state index in [0.29, 0.717) is 17.6 Å². The number of carbonyl (C=O) groups is 1. The minimum Gasteiger partial charge on any atom is -0.469 e. The van der Waals surface area contributed by atoms with Gasteiger partial charge in [-0.15, -0.1) is 0 Å². The van der Waals surface area contributed by atoms with Crippen LogP contribution in [0.3, 0.4) is 0 Å². The summed E-state index contributed by atoms with van der Waals surface area (Å²) in [6.45, 7) is 2.84. The van der Waals surface area contributed by atoms with Gasteiger partial charge in [0.05, 0.1) is 25.3 Å². The summed E-state index contributed by atoms with van der Waals surface area (Å²) in [5, 5.41) is 3.55. The Kier molecular flexibility index (Phi) is 4.34. The van der Waals surface area contributed by atoms with Crippen molar-refractivity contribution in [2.75, 3.05) is 19.0 Å². The number of rotatable bonds is 6. The minimum absolute atomic E-state index is 0.212. The molecule has 22 heavy (non-hydrogen) atoms. The highest BCUT2D eigenvalue weighted by molar-refractivity contribution is 5.71. The molecular formula is C17H24N2O3. The molecular weight excluding hydrogens is 280 g/mol. The number of nitrogens with one attached hydrogen (secondary N) is 1. The van der Waals surface area contributed by atoms with Gasteiger partial charge in [-0.05, 0) is 38.3 Å². The van der Waals surface area contributed by atoms with Crippen molar-refractivity contribution in [2.24, 2.45) is 5.41 Å². The van der Waals surface area contributed by atoms with Crippen molar-refractivity contribution in [2.45, 2.75) is 51.2 Å². The first-order valence-corrected chi connectivity index (χ1v) is 8.09. The molecule has 1 heterocycles. The lowest BCUT2D eigenvalue weighted by Gasteiger charge is -2.61. The molecule has 2 aliphatic rings. The number of carbonyl (C=O) groups excluding carboxylic acids is 1. The van der Waals surface area contributed by atoms with Crippen LogP contribution in [0.1, 0.15) is 38.3 Å². The zero-order valence-corrected chi connectivity index (χ0v) is 13.3. The number of nitrogens with zero attached hydrogens (tertiary/aromatic N) is 1. The van der Waals surface area contributed by atoms with Crippen LogP contribution in [0.15, 0.2) is 18.2 Å². The second kappa shape index (κ2) is 6.24. The van der Waals surface area contributed by atoms with Gasteiger partial charge >= 0.3 is 5.97 Å². The fraction of sp³-hybridized carbons (Fsp3) is 0.647. The smallest absolute Gasteiger partial charge is 0.311 e. The average Bonchev–Trinajstić information content (AvgIpc) is 2.44. The fourth-order valence-corrected chi connectivity index (χ4v) is 3.70. The van der Waals surface area contributed by atoms with E-state index in [4.69, 9.17) is 9.47 Å². The third kappa shape index (κ3) is 2.70. The van der Waals surface area contributed by atoms with E-state index in [2.05, 4.69) is 17.2 Å². The lowest BCUT2D eigenvalue weighted by atomic mass is 9.51. The van der Waals surface area contributed by atoms with Crippen molar-refractivity contribution in [3.8, 4) is 0 Å². The Morgan fingerprint density at radius 1 is 1.45 bits per heavy atom. The van der Waals surface area contributed by atoms with Gasteiger partial charge in [-0.2, -0.15) is 0 Å². The highest BCUT2D eigenvalue weighted by atomic mass is 16.5. The minimum atomic E-state index is -0.264. The van der Waals surface area contributed by atoms with Crippen molar-refractivity contribution in [1.82, 2.24) is 4.98 Å². The molecule has 1 aromatic heterocycles. The van der Waals surface area contributed by atoms with Crippen LogP contribution in [0.2, 0.25) is 0 Å². The number of methoxy groups -OCH3 is 1. The number of hydrogen-bond acceptors (Lipinski definition) is 5. The van der Waals surface area contributed by atoms with E-state index in [-0.39, 0.29) is 12.4 Å². The summed E-state index contributed by atoms with van der Waals surface area (Å²) in [6.07, 6.45) is 5.40. The number of ether oxygens (including phenoxy) is 2. The molecule has 0 unspecified atom stereocenters. The van der Waals surface area contributed by atoms with Gasteiger partial charge in [0.2, 0.25) is 0 Å². The highest BCUT2D eigenvalue weighted by Crippen LogP contribution is 2.58. The molecule has 0 aliphatic heterocycles. The second-order valence-electron chi connectivity index (χ2n) is 6.23. The van der Waals surface area contributed by atoms with Crippen molar-refractivity contribution in [3.63, 3.8) is 0 Å². The molecule has 5 nitrogen and oxygen atoms in total. The van der Waals surface area contributed by atoms with Crippen LogP contribution in [0.5, 0.6) is 0 Å². The zero-order valence-electron chi connectivity index (χ0n) is 13.3. The van der Waals surface area contributed by atoms with Crippen LogP contribution in [0.25, 0.3) is 0 Å². The van der Waals surface area contributed by atoms with E-state index in [1.54, 1.807) is 0 Å². The normalized spacial score (nSPS) is 25.2. The molecule has 1 N–H and O–H groups in total. The molecule has 5 heteroatoms. The quantitative estimate of drug-likeness (QED) is 0.818. The number of anilines is 1. The summed E-state index contributed by atoms with van der Waals surface area (Å²) in [7, 11) is 1.40. The maximum Gasteiger partial charge on any atom is 0.311 e. The fourth-order valence-electron chi connectivity index (χ4n) is 3.70. The molecule has 1 spiro atoms. The molecule has 2 saturated carbocycles. The van der Waals surface area contributed by atoms with Gasteiger partial charge in [-0.25, -0.2) is 4.98 Å².